The molecule has 1 aromatic rings. The fraction of sp³-hybridized carbons (Fsp3) is 0.733. The van der Waals surface area contributed by atoms with Crippen LogP contribution in [0, 0.1) is 11.8 Å². The molecule has 0 spiro atoms. The molecule has 1 aromatic heterocycles. The van der Waals surface area contributed by atoms with Gasteiger partial charge in [-0.1, -0.05) is 19.0 Å². The molecule has 0 aromatic carbocycles. The summed E-state index contributed by atoms with van der Waals surface area (Å²) in [5, 5.41) is 6.93. The first-order valence-corrected chi connectivity index (χ1v) is 7.49. The Morgan fingerprint density at radius 3 is 3.05 bits per heavy atom. The minimum Gasteiger partial charge on any atom is -0.384 e. The van der Waals surface area contributed by atoms with E-state index in [1.807, 2.05) is 13.8 Å². The summed E-state index contributed by atoms with van der Waals surface area (Å²) in [5.41, 5.74) is 0.345. The van der Waals surface area contributed by atoms with E-state index in [2.05, 4.69) is 10.5 Å². The Morgan fingerprint density at radius 2 is 2.38 bits per heavy atom. The molecule has 21 heavy (non-hydrogen) atoms. The quantitative estimate of drug-likeness (QED) is 0.892. The summed E-state index contributed by atoms with van der Waals surface area (Å²) in [6, 6.07) is 1.82. The lowest BCUT2D eigenvalue weighted by Crippen LogP contribution is -2.62. The van der Waals surface area contributed by atoms with Gasteiger partial charge in [-0.3, -0.25) is 4.79 Å². The molecule has 1 N–H and O–H groups in total. The molecule has 1 saturated carbocycles. The second-order valence-corrected chi connectivity index (χ2v) is 6.18. The zero-order valence-electron chi connectivity index (χ0n) is 12.7. The summed E-state index contributed by atoms with van der Waals surface area (Å²) in [7, 11) is 1.67. The van der Waals surface area contributed by atoms with Crippen molar-refractivity contribution in [2.75, 3.05) is 20.3 Å². The highest BCUT2D eigenvalue weighted by molar-refractivity contribution is 5.92. The van der Waals surface area contributed by atoms with Crippen LogP contribution >= 0.6 is 0 Å². The summed E-state index contributed by atoms with van der Waals surface area (Å²) >= 11 is 0. The van der Waals surface area contributed by atoms with Gasteiger partial charge in [0.05, 0.1) is 12.7 Å². The maximum atomic E-state index is 12.3. The number of nitrogens with zero attached hydrogens (tertiary/aromatic N) is 1. The highest BCUT2D eigenvalue weighted by Crippen LogP contribution is 2.43. The minimum absolute atomic E-state index is 0.101. The Hall–Kier alpha value is -1.40. The van der Waals surface area contributed by atoms with Crippen molar-refractivity contribution in [2.24, 2.45) is 11.8 Å². The molecule has 2 heterocycles. The van der Waals surface area contributed by atoms with E-state index in [0.29, 0.717) is 18.2 Å². The van der Waals surface area contributed by atoms with Crippen molar-refractivity contribution in [2.45, 2.75) is 38.3 Å². The maximum Gasteiger partial charge on any atom is 0.273 e. The monoisotopic (exact) mass is 294 g/mol. The normalized spacial score (nSPS) is 31.0. The van der Waals surface area contributed by atoms with Crippen LogP contribution in [-0.4, -0.2) is 43.5 Å². The lowest BCUT2D eigenvalue weighted by Gasteiger charge is -2.47. The highest BCUT2D eigenvalue weighted by atomic mass is 16.5. The Kier molecular flexibility index (Phi) is 3.99. The van der Waals surface area contributed by atoms with Crippen molar-refractivity contribution < 1.29 is 18.8 Å². The Balaban J connectivity index is 1.65. The van der Waals surface area contributed by atoms with Gasteiger partial charge in [-0.15, -0.1) is 0 Å². The van der Waals surface area contributed by atoms with Gasteiger partial charge in [-0.25, -0.2) is 0 Å². The first-order valence-electron chi connectivity index (χ1n) is 7.49. The molecule has 1 aliphatic heterocycles. The number of fused-ring (bicyclic) bond motifs is 1. The molecule has 0 radical (unpaired) electrons. The molecule has 0 unspecified atom stereocenters. The van der Waals surface area contributed by atoms with E-state index in [-0.39, 0.29) is 29.9 Å². The van der Waals surface area contributed by atoms with Crippen LogP contribution in [0.15, 0.2) is 10.6 Å². The number of methoxy groups -OCH3 is 1. The number of hydrogen-bond acceptors (Lipinski definition) is 5. The SMILES string of the molecule is COC[C@H]1[C@@H](NC(=O)c2cc(C(C)C)on2)[C@H]2CCO[C@H]21. The lowest BCUT2D eigenvalue weighted by atomic mass is 9.67. The van der Waals surface area contributed by atoms with E-state index in [1.165, 1.54) is 0 Å². The topological polar surface area (TPSA) is 73.6 Å². The Labute approximate surface area is 124 Å². The second kappa shape index (κ2) is 5.77. The van der Waals surface area contributed by atoms with Crippen LogP contribution in [0.1, 0.15) is 42.4 Å². The smallest absolute Gasteiger partial charge is 0.273 e. The number of rotatable bonds is 5. The van der Waals surface area contributed by atoms with Crippen molar-refractivity contribution in [1.29, 1.82) is 0 Å². The largest absolute Gasteiger partial charge is 0.384 e. The molecule has 1 aliphatic carbocycles. The zero-order valence-corrected chi connectivity index (χ0v) is 12.7. The van der Waals surface area contributed by atoms with E-state index in [4.69, 9.17) is 14.0 Å². The molecule has 3 rings (SSSR count). The summed E-state index contributed by atoms with van der Waals surface area (Å²) in [4.78, 5) is 12.3. The molecule has 6 heteroatoms. The van der Waals surface area contributed by atoms with Crippen molar-refractivity contribution in [3.05, 3.63) is 17.5 Å². The number of carbonyl (C=O) groups is 1. The van der Waals surface area contributed by atoms with Gasteiger partial charge in [0.25, 0.3) is 5.91 Å². The molecule has 1 amide bonds. The van der Waals surface area contributed by atoms with E-state index in [1.54, 1.807) is 13.2 Å². The van der Waals surface area contributed by atoms with Gasteiger partial charge < -0.3 is 19.3 Å². The first kappa shape index (κ1) is 14.5. The minimum atomic E-state index is -0.179. The van der Waals surface area contributed by atoms with E-state index in [0.717, 1.165) is 18.8 Å². The number of ether oxygens (including phenoxy) is 2. The fourth-order valence-corrected chi connectivity index (χ4v) is 3.33. The van der Waals surface area contributed by atoms with Gasteiger partial charge in [0.1, 0.15) is 5.76 Å². The zero-order chi connectivity index (χ0) is 15.0. The van der Waals surface area contributed by atoms with Gasteiger partial charge in [-0.05, 0) is 6.42 Å². The molecule has 2 aliphatic rings. The molecule has 116 valence electrons. The summed E-state index contributed by atoms with van der Waals surface area (Å²) < 4.78 is 16.1. The molecule has 1 saturated heterocycles. The van der Waals surface area contributed by atoms with E-state index in [9.17, 15) is 4.79 Å². The number of amides is 1. The van der Waals surface area contributed by atoms with Crippen molar-refractivity contribution in [1.82, 2.24) is 10.5 Å². The standard InChI is InChI=1S/C15H22N2O4/c1-8(2)12-6-11(17-21-12)15(18)16-13-9-4-5-20-14(9)10(13)7-19-3/h6,8-10,13-14H,4-5,7H2,1-3H3,(H,16,18)/t9-,10+,13+,14-/m1/s1. The maximum absolute atomic E-state index is 12.3. The first-order chi connectivity index (χ1) is 10.1. The van der Waals surface area contributed by atoms with Crippen LogP contribution in [-0.2, 0) is 9.47 Å². The summed E-state index contributed by atoms with van der Waals surface area (Å²) in [6.07, 6.45) is 1.21. The molecule has 0 bridgehead atoms. The molecule has 6 nitrogen and oxygen atoms in total. The highest BCUT2D eigenvalue weighted by Gasteiger charge is 2.54. The fourth-order valence-electron chi connectivity index (χ4n) is 3.33. The van der Waals surface area contributed by atoms with Crippen LogP contribution in [0.2, 0.25) is 0 Å². The van der Waals surface area contributed by atoms with Gasteiger partial charge in [0.2, 0.25) is 0 Å². The van der Waals surface area contributed by atoms with Crippen LogP contribution in [0.3, 0.4) is 0 Å². The van der Waals surface area contributed by atoms with Crippen molar-refractivity contribution in [3.8, 4) is 0 Å². The number of nitrogens with one attached hydrogen (secondary N) is 1. The van der Waals surface area contributed by atoms with Crippen molar-refractivity contribution >= 4 is 5.91 Å². The van der Waals surface area contributed by atoms with Gasteiger partial charge in [0, 0.05) is 43.6 Å². The molecular weight excluding hydrogens is 272 g/mol. The van der Waals surface area contributed by atoms with Crippen LogP contribution in [0.5, 0.6) is 0 Å². The summed E-state index contributed by atoms with van der Waals surface area (Å²) in [5.74, 6) is 1.39. The molecule has 2 fully saturated rings. The summed E-state index contributed by atoms with van der Waals surface area (Å²) in [6.45, 7) is 5.37. The average Bonchev–Trinajstić information content (AvgIpc) is 3.09. The van der Waals surface area contributed by atoms with Crippen molar-refractivity contribution in [3.63, 3.8) is 0 Å². The molecule has 4 atom stereocenters. The van der Waals surface area contributed by atoms with E-state index >= 15 is 0 Å². The number of carbonyl (C=O) groups excluding carboxylic acids is 1. The predicted molar refractivity (Wildman–Crippen MR) is 75.1 cm³/mol. The lowest BCUT2D eigenvalue weighted by molar-refractivity contribution is -0.0810. The van der Waals surface area contributed by atoms with Gasteiger partial charge >= 0.3 is 0 Å². The number of aromatic nitrogens is 1. The van der Waals surface area contributed by atoms with Crippen LogP contribution < -0.4 is 5.32 Å². The molecular formula is C15H22N2O4. The van der Waals surface area contributed by atoms with Crippen LogP contribution in [0.4, 0.5) is 0 Å². The van der Waals surface area contributed by atoms with E-state index < -0.39 is 0 Å². The van der Waals surface area contributed by atoms with Gasteiger partial charge in [-0.2, -0.15) is 0 Å². The number of hydrogen-bond donors (Lipinski definition) is 1. The predicted octanol–water partition coefficient (Wildman–Crippen LogP) is 1.58. The third kappa shape index (κ3) is 2.58. The Morgan fingerprint density at radius 1 is 1.57 bits per heavy atom. The third-order valence-corrected chi connectivity index (χ3v) is 4.51. The third-order valence-electron chi connectivity index (χ3n) is 4.51. The Bertz CT molecular complexity index is 514. The van der Waals surface area contributed by atoms with Gasteiger partial charge in [0.15, 0.2) is 5.69 Å². The average molecular weight is 294 g/mol. The van der Waals surface area contributed by atoms with Crippen LogP contribution in [0.25, 0.3) is 0 Å². The second-order valence-electron chi connectivity index (χ2n) is 6.18.